The third-order valence-corrected chi connectivity index (χ3v) is 3.94. The van der Waals surface area contributed by atoms with Gasteiger partial charge in [-0.25, -0.2) is 0 Å². The molecule has 3 rings (SSSR count). The van der Waals surface area contributed by atoms with Crippen molar-refractivity contribution in [2.45, 2.75) is 0 Å². The molecule has 0 fully saturated rings. The minimum Gasteiger partial charge on any atom is -0.320 e. The van der Waals surface area contributed by atoms with Crippen molar-refractivity contribution in [3.63, 3.8) is 0 Å². The highest BCUT2D eigenvalue weighted by atomic mass is 79.9. The first-order valence-electron chi connectivity index (χ1n) is 6.29. The first-order chi connectivity index (χ1) is 9.75. The van der Waals surface area contributed by atoms with Gasteiger partial charge >= 0.3 is 0 Å². The van der Waals surface area contributed by atoms with Gasteiger partial charge in [-0.1, -0.05) is 60.7 Å². The van der Waals surface area contributed by atoms with Gasteiger partial charge in [-0.3, -0.25) is 4.79 Å². The van der Waals surface area contributed by atoms with E-state index in [0.717, 1.165) is 21.3 Å². The molecule has 0 saturated heterocycles. The van der Waals surface area contributed by atoms with Crippen LogP contribution in [0.15, 0.2) is 70.7 Å². The Morgan fingerprint density at radius 3 is 2.15 bits per heavy atom. The maximum atomic E-state index is 12.1. The van der Waals surface area contributed by atoms with Gasteiger partial charge in [0.2, 0.25) is 0 Å². The Hall–Kier alpha value is -2.13. The largest absolute Gasteiger partial charge is 0.320 e. The van der Waals surface area contributed by atoms with Gasteiger partial charge in [0.1, 0.15) is 0 Å². The molecule has 1 aliphatic rings. The molecule has 0 aliphatic carbocycles. The number of amides is 1. The minimum atomic E-state index is -0.0837. The lowest BCUT2D eigenvalue weighted by molar-refractivity contribution is -0.115. The Kier molecular flexibility index (Phi) is 3.52. The Morgan fingerprint density at radius 2 is 1.50 bits per heavy atom. The molecule has 2 nitrogen and oxygen atoms in total. The van der Waals surface area contributed by atoms with Gasteiger partial charge in [-0.05, 0) is 33.1 Å². The number of hydrogen-bond donors (Lipinski definition) is 1. The molecule has 0 saturated carbocycles. The van der Waals surface area contributed by atoms with Crippen molar-refractivity contribution in [3.8, 4) is 0 Å². The van der Waals surface area contributed by atoms with Gasteiger partial charge in [0.25, 0.3) is 5.91 Å². The third-order valence-electron chi connectivity index (χ3n) is 3.11. The van der Waals surface area contributed by atoms with Crippen molar-refractivity contribution < 1.29 is 4.79 Å². The zero-order chi connectivity index (χ0) is 13.9. The molecule has 20 heavy (non-hydrogen) atoms. The molecule has 0 radical (unpaired) electrons. The molecule has 0 bridgehead atoms. The summed E-state index contributed by atoms with van der Waals surface area (Å²) < 4.78 is 0.803. The summed E-state index contributed by atoms with van der Waals surface area (Å²) in [5.41, 5.74) is 3.46. The molecule has 0 spiro atoms. The van der Waals surface area contributed by atoms with E-state index in [2.05, 4.69) is 21.2 Å². The Balaban J connectivity index is 2.03. The molecule has 0 atom stereocenters. The van der Waals surface area contributed by atoms with Crippen molar-refractivity contribution >= 4 is 33.6 Å². The second-order valence-electron chi connectivity index (χ2n) is 4.48. The summed E-state index contributed by atoms with van der Waals surface area (Å²) in [6.45, 7) is 0. The van der Waals surface area contributed by atoms with E-state index in [0.29, 0.717) is 5.57 Å². The summed E-state index contributed by atoms with van der Waals surface area (Å²) in [4.78, 5) is 12.1. The van der Waals surface area contributed by atoms with Crippen molar-refractivity contribution in [2.24, 2.45) is 0 Å². The Bertz CT molecular complexity index is 702. The zero-order valence-electron chi connectivity index (χ0n) is 10.6. The second-order valence-corrected chi connectivity index (χ2v) is 5.27. The van der Waals surface area contributed by atoms with Gasteiger partial charge in [-0.15, -0.1) is 0 Å². The first-order valence-corrected chi connectivity index (χ1v) is 7.08. The van der Waals surface area contributed by atoms with Crippen LogP contribution in [-0.4, -0.2) is 5.91 Å². The monoisotopic (exact) mass is 325 g/mol. The van der Waals surface area contributed by atoms with Crippen LogP contribution >= 0.6 is 15.9 Å². The maximum absolute atomic E-state index is 12.1. The summed E-state index contributed by atoms with van der Waals surface area (Å²) in [7, 11) is 0. The Morgan fingerprint density at radius 1 is 0.900 bits per heavy atom. The van der Waals surface area contributed by atoms with Crippen molar-refractivity contribution in [3.05, 3.63) is 81.8 Å². The predicted molar refractivity (Wildman–Crippen MR) is 84.9 cm³/mol. The van der Waals surface area contributed by atoms with E-state index in [4.69, 9.17) is 0 Å². The number of hydrogen-bond acceptors (Lipinski definition) is 1. The molecule has 1 aliphatic heterocycles. The average Bonchev–Trinajstić information content (AvgIpc) is 2.77. The predicted octanol–water partition coefficient (Wildman–Crippen LogP) is 3.96. The highest BCUT2D eigenvalue weighted by Gasteiger charge is 2.26. The van der Waals surface area contributed by atoms with E-state index in [1.54, 1.807) is 0 Å². The van der Waals surface area contributed by atoms with Crippen molar-refractivity contribution in [2.75, 3.05) is 0 Å². The fourth-order valence-electron chi connectivity index (χ4n) is 2.12. The van der Waals surface area contributed by atoms with Crippen molar-refractivity contribution in [1.29, 1.82) is 0 Å². The van der Waals surface area contributed by atoms with E-state index in [1.165, 1.54) is 0 Å². The number of benzene rings is 2. The quantitative estimate of drug-likeness (QED) is 0.832. The molecular formula is C17H12BrNO. The van der Waals surface area contributed by atoms with Gasteiger partial charge in [-0.2, -0.15) is 0 Å². The van der Waals surface area contributed by atoms with Crippen LogP contribution in [0.4, 0.5) is 0 Å². The lowest BCUT2D eigenvalue weighted by Crippen LogP contribution is -2.15. The molecular weight excluding hydrogens is 314 g/mol. The Labute approximate surface area is 126 Å². The van der Waals surface area contributed by atoms with Gasteiger partial charge < -0.3 is 5.32 Å². The van der Waals surface area contributed by atoms with E-state index in [1.807, 2.05) is 66.7 Å². The summed E-state index contributed by atoms with van der Waals surface area (Å²) in [5, 5.41) is 2.92. The third kappa shape index (κ3) is 2.45. The lowest BCUT2D eigenvalue weighted by atomic mass is 10.1. The molecule has 2 aromatic carbocycles. The SMILES string of the molecule is O=C1NC(c2ccccc2)=C(Br)/C1=C\c1ccccc1. The number of carbonyl (C=O) groups is 1. The molecule has 2 aromatic rings. The van der Waals surface area contributed by atoms with E-state index in [-0.39, 0.29) is 5.91 Å². The highest BCUT2D eigenvalue weighted by Crippen LogP contribution is 2.33. The van der Waals surface area contributed by atoms with Crippen LogP contribution in [-0.2, 0) is 4.79 Å². The van der Waals surface area contributed by atoms with Gasteiger partial charge in [0.15, 0.2) is 0 Å². The molecule has 1 heterocycles. The number of rotatable bonds is 2. The summed E-state index contributed by atoms with van der Waals surface area (Å²) >= 11 is 3.53. The summed E-state index contributed by atoms with van der Waals surface area (Å²) in [6.07, 6.45) is 1.88. The molecule has 0 aromatic heterocycles. The standard InChI is InChI=1S/C17H12BrNO/c18-15-14(11-12-7-3-1-4-8-12)17(20)19-16(15)13-9-5-2-6-10-13/h1-11H,(H,19,20)/b14-11+. The second kappa shape index (κ2) is 5.47. The van der Waals surface area contributed by atoms with Gasteiger partial charge in [0, 0.05) is 0 Å². The maximum Gasteiger partial charge on any atom is 0.256 e. The van der Waals surface area contributed by atoms with Crippen LogP contribution in [0.2, 0.25) is 0 Å². The van der Waals surface area contributed by atoms with Crippen LogP contribution in [0.1, 0.15) is 11.1 Å². The first kappa shape index (κ1) is 12.9. The molecule has 1 N–H and O–H groups in total. The molecule has 3 heteroatoms. The van der Waals surface area contributed by atoms with E-state index in [9.17, 15) is 4.79 Å². The fourth-order valence-corrected chi connectivity index (χ4v) is 2.74. The van der Waals surface area contributed by atoms with Crippen LogP contribution in [0, 0.1) is 0 Å². The van der Waals surface area contributed by atoms with E-state index >= 15 is 0 Å². The molecule has 0 unspecified atom stereocenters. The molecule has 1 amide bonds. The normalized spacial score (nSPS) is 16.6. The average molecular weight is 326 g/mol. The smallest absolute Gasteiger partial charge is 0.256 e. The minimum absolute atomic E-state index is 0.0837. The van der Waals surface area contributed by atoms with Crippen LogP contribution in [0.5, 0.6) is 0 Å². The highest BCUT2D eigenvalue weighted by molar-refractivity contribution is 9.12. The number of halogens is 1. The summed E-state index contributed by atoms with van der Waals surface area (Å²) in [5.74, 6) is -0.0837. The summed E-state index contributed by atoms with van der Waals surface area (Å²) in [6, 6.07) is 19.6. The van der Waals surface area contributed by atoms with Crippen molar-refractivity contribution in [1.82, 2.24) is 5.32 Å². The van der Waals surface area contributed by atoms with Gasteiger partial charge in [0.05, 0.1) is 15.8 Å². The van der Waals surface area contributed by atoms with E-state index < -0.39 is 0 Å². The number of nitrogens with one attached hydrogen (secondary N) is 1. The molecule has 98 valence electrons. The topological polar surface area (TPSA) is 29.1 Å². The number of carbonyl (C=O) groups excluding carboxylic acids is 1. The van der Waals surface area contributed by atoms with Crippen LogP contribution in [0.3, 0.4) is 0 Å². The zero-order valence-corrected chi connectivity index (χ0v) is 12.2. The lowest BCUT2D eigenvalue weighted by Gasteiger charge is -2.02. The van der Waals surface area contributed by atoms with Crippen LogP contribution in [0.25, 0.3) is 11.8 Å². The fraction of sp³-hybridized carbons (Fsp3) is 0. The van der Waals surface area contributed by atoms with Crippen LogP contribution < -0.4 is 5.32 Å².